The molecule has 0 aromatic heterocycles. The fourth-order valence-electron chi connectivity index (χ4n) is 1.70. The van der Waals surface area contributed by atoms with Gasteiger partial charge in [-0.3, -0.25) is 0 Å². The molecule has 0 aliphatic carbocycles. The third-order valence-corrected chi connectivity index (χ3v) is 4.50. The van der Waals surface area contributed by atoms with E-state index in [2.05, 4.69) is 20.9 Å². The van der Waals surface area contributed by atoms with Crippen LogP contribution in [-0.2, 0) is 5.75 Å². The van der Waals surface area contributed by atoms with E-state index in [0.29, 0.717) is 16.5 Å². The van der Waals surface area contributed by atoms with Gasteiger partial charge in [0.25, 0.3) is 0 Å². The Morgan fingerprint density at radius 2 is 1.70 bits per heavy atom. The topological polar surface area (TPSA) is 59.9 Å². The molecule has 0 atom stereocenters. The van der Waals surface area contributed by atoms with Gasteiger partial charge in [-0.05, 0) is 42.0 Å². The standard InChI is InChI=1S/C17H11BrFN3S/c18-14-3-7-16(8-4-14)22-17(13(9-20)10-21)23-11-12-1-5-15(19)6-2-12/h1-8,13H,11H2. The van der Waals surface area contributed by atoms with Crippen LogP contribution in [0.15, 0.2) is 58.0 Å². The molecular weight excluding hydrogens is 377 g/mol. The molecule has 0 radical (unpaired) electrons. The van der Waals surface area contributed by atoms with Crippen LogP contribution in [0.5, 0.6) is 0 Å². The number of hydrogen-bond donors (Lipinski definition) is 0. The molecule has 23 heavy (non-hydrogen) atoms. The first kappa shape index (κ1) is 17.2. The van der Waals surface area contributed by atoms with Crippen molar-refractivity contribution >= 4 is 38.4 Å². The highest BCUT2D eigenvalue weighted by atomic mass is 79.9. The van der Waals surface area contributed by atoms with Crippen molar-refractivity contribution in [1.82, 2.24) is 0 Å². The van der Waals surface area contributed by atoms with Crippen molar-refractivity contribution in [1.29, 1.82) is 10.5 Å². The molecule has 0 spiro atoms. The first-order valence-electron chi connectivity index (χ1n) is 6.63. The zero-order valence-corrected chi connectivity index (χ0v) is 14.3. The van der Waals surface area contributed by atoms with E-state index in [9.17, 15) is 4.39 Å². The fraction of sp³-hybridized carbons (Fsp3) is 0.118. The molecular formula is C17H11BrFN3S. The van der Waals surface area contributed by atoms with Crippen molar-refractivity contribution in [2.24, 2.45) is 10.9 Å². The van der Waals surface area contributed by atoms with E-state index in [1.807, 2.05) is 24.3 Å². The molecule has 0 N–H and O–H groups in total. The van der Waals surface area contributed by atoms with Crippen LogP contribution in [-0.4, -0.2) is 5.04 Å². The van der Waals surface area contributed by atoms with Crippen molar-refractivity contribution in [3.05, 3.63) is 64.4 Å². The van der Waals surface area contributed by atoms with Gasteiger partial charge in [0.15, 0.2) is 5.92 Å². The molecule has 114 valence electrons. The minimum atomic E-state index is -0.927. The van der Waals surface area contributed by atoms with Crippen molar-refractivity contribution in [2.45, 2.75) is 5.75 Å². The number of nitriles is 2. The predicted molar refractivity (Wildman–Crippen MR) is 93.6 cm³/mol. The lowest BCUT2D eigenvalue weighted by Gasteiger charge is -2.07. The number of halogens is 2. The van der Waals surface area contributed by atoms with Crippen molar-refractivity contribution in [3.8, 4) is 12.1 Å². The molecule has 0 heterocycles. The second-order valence-electron chi connectivity index (χ2n) is 4.53. The summed E-state index contributed by atoms with van der Waals surface area (Å²) < 4.78 is 13.8. The Hall–Kier alpha value is -2.15. The van der Waals surface area contributed by atoms with Gasteiger partial charge in [0.1, 0.15) is 10.9 Å². The Morgan fingerprint density at radius 3 is 2.26 bits per heavy atom. The highest BCUT2D eigenvalue weighted by Gasteiger charge is 2.16. The van der Waals surface area contributed by atoms with Gasteiger partial charge in [0.2, 0.25) is 0 Å². The summed E-state index contributed by atoms with van der Waals surface area (Å²) in [4.78, 5) is 4.41. The van der Waals surface area contributed by atoms with Gasteiger partial charge in [-0.15, -0.1) is 11.8 Å². The smallest absolute Gasteiger partial charge is 0.181 e. The van der Waals surface area contributed by atoms with E-state index in [1.165, 1.54) is 23.9 Å². The first-order chi connectivity index (χ1) is 11.1. The van der Waals surface area contributed by atoms with Gasteiger partial charge in [-0.25, -0.2) is 9.38 Å². The maximum Gasteiger partial charge on any atom is 0.181 e. The molecule has 2 aromatic rings. The summed E-state index contributed by atoms with van der Waals surface area (Å²) in [6.45, 7) is 0. The largest absolute Gasteiger partial charge is 0.244 e. The Labute approximate surface area is 146 Å². The zero-order valence-electron chi connectivity index (χ0n) is 11.9. The normalized spacial score (nSPS) is 11.1. The lowest BCUT2D eigenvalue weighted by Crippen LogP contribution is -2.07. The second kappa shape index (κ2) is 8.47. The molecule has 0 aliphatic rings. The Balaban J connectivity index is 2.20. The average molecular weight is 388 g/mol. The van der Waals surface area contributed by atoms with Crippen LogP contribution in [0.3, 0.4) is 0 Å². The van der Waals surface area contributed by atoms with Gasteiger partial charge >= 0.3 is 0 Å². The second-order valence-corrected chi connectivity index (χ2v) is 6.44. The lowest BCUT2D eigenvalue weighted by molar-refractivity contribution is 0.627. The van der Waals surface area contributed by atoms with E-state index in [-0.39, 0.29) is 5.82 Å². The molecule has 2 rings (SSSR count). The van der Waals surface area contributed by atoms with Crippen LogP contribution in [0.25, 0.3) is 0 Å². The summed E-state index contributed by atoms with van der Waals surface area (Å²) in [5.41, 5.74) is 1.57. The minimum absolute atomic E-state index is 0.297. The Morgan fingerprint density at radius 1 is 1.09 bits per heavy atom. The highest BCUT2D eigenvalue weighted by molar-refractivity contribution is 9.10. The molecule has 6 heteroatoms. The Bertz CT molecular complexity index is 759. The number of benzene rings is 2. The molecule has 0 unspecified atom stereocenters. The van der Waals surface area contributed by atoms with Crippen LogP contribution in [0.4, 0.5) is 10.1 Å². The van der Waals surface area contributed by atoms with Gasteiger partial charge in [0, 0.05) is 10.2 Å². The van der Waals surface area contributed by atoms with Gasteiger partial charge < -0.3 is 0 Å². The summed E-state index contributed by atoms with van der Waals surface area (Å²) in [6, 6.07) is 17.3. The molecule has 3 nitrogen and oxygen atoms in total. The van der Waals surface area contributed by atoms with Crippen LogP contribution in [0.1, 0.15) is 5.56 Å². The summed E-state index contributed by atoms with van der Waals surface area (Å²) in [5, 5.41) is 18.7. The quantitative estimate of drug-likeness (QED) is 0.533. The molecule has 0 aliphatic heterocycles. The molecule has 2 aromatic carbocycles. The third kappa shape index (κ3) is 5.21. The van der Waals surface area contributed by atoms with E-state index in [0.717, 1.165) is 10.0 Å². The van der Waals surface area contributed by atoms with E-state index in [1.54, 1.807) is 24.3 Å². The first-order valence-corrected chi connectivity index (χ1v) is 8.41. The average Bonchev–Trinajstić information content (AvgIpc) is 2.57. The highest BCUT2D eigenvalue weighted by Crippen LogP contribution is 2.24. The summed E-state index contributed by atoms with van der Waals surface area (Å²) in [6.07, 6.45) is 0. The van der Waals surface area contributed by atoms with Gasteiger partial charge in [-0.1, -0.05) is 28.1 Å². The van der Waals surface area contributed by atoms with Crippen molar-refractivity contribution in [2.75, 3.05) is 0 Å². The Kier molecular flexibility index (Phi) is 6.34. The van der Waals surface area contributed by atoms with Crippen molar-refractivity contribution in [3.63, 3.8) is 0 Å². The van der Waals surface area contributed by atoms with Crippen molar-refractivity contribution < 1.29 is 4.39 Å². The van der Waals surface area contributed by atoms with Crippen LogP contribution >= 0.6 is 27.7 Å². The fourth-order valence-corrected chi connectivity index (χ4v) is 2.91. The monoisotopic (exact) mass is 387 g/mol. The number of nitrogens with zero attached hydrogens (tertiary/aromatic N) is 3. The molecule has 0 fully saturated rings. The number of thioether (sulfide) groups is 1. The van der Waals surface area contributed by atoms with E-state index >= 15 is 0 Å². The molecule has 0 bridgehead atoms. The lowest BCUT2D eigenvalue weighted by atomic mass is 10.2. The summed E-state index contributed by atoms with van der Waals surface area (Å²) in [5.74, 6) is -0.714. The molecule has 0 saturated heterocycles. The zero-order chi connectivity index (χ0) is 16.7. The van der Waals surface area contributed by atoms with E-state index in [4.69, 9.17) is 10.5 Å². The number of aliphatic imine (C=N–C) groups is 1. The van der Waals surface area contributed by atoms with Crippen LogP contribution in [0.2, 0.25) is 0 Å². The van der Waals surface area contributed by atoms with Gasteiger partial charge in [-0.2, -0.15) is 10.5 Å². The number of hydrogen-bond acceptors (Lipinski definition) is 4. The minimum Gasteiger partial charge on any atom is -0.244 e. The number of rotatable bonds is 4. The molecule has 0 saturated carbocycles. The third-order valence-electron chi connectivity index (χ3n) is 2.87. The summed E-state index contributed by atoms with van der Waals surface area (Å²) in [7, 11) is 0. The van der Waals surface area contributed by atoms with Crippen LogP contribution < -0.4 is 0 Å². The maximum absolute atomic E-state index is 12.9. The molecule has 0 amide bonds. The van der Waals surface area contributed by atoms with Crippen LogP contribution in [0, 0.1) is 34.4 Å². The SMILES string of the molecule is N#CC(C#N)C(=Nc1ccc(Br)cc1)SCc1ccc(F)cc1. The predicted octanol–water partition coefficient (Wildman–Crippen LogP) is 5.21. The van der Waals surface area contributed by atoms with Gasteiger partial charge in [0.05, 0.1) is 17.8 Å². The van der Waals surface area contributed by atoms with E-state index < -0.39 is 5.92 Å². The maximum atomic E-state index is 12.9. The summed E-state index contributed by atoms with van der Waals surface area (Å²) >= 11 is 4.65.